The Morgan fingerprint density at radius 2 is 1.12 bits per heavy atom. The van der Waals surface area contributed by atoms with Crippen LogP contribution in [0.4, 0.5) is 26.3 Å². The van der Waals surface area contributed by atoms with Crippen molar-refractivity contribution >= 4 is 12.4 Å². The molecular weight excluding hydrogens is 272 g/mol. The van der Waals surface area contributed by atoms with Crippen LogP contribution in [0.2, 0.25) is 0 Å². The average Bonchev–Trinajstić information content (AvgIpc) is 2.14. The predicted octanol–water partition coefficient (Wildman–Crippen LogP) is 3.39. The van der Waals surface area contributed by atoms with Gasteiger partial charge in [0.1, 0.15) is 0 Å². The predicted molar refractivity (Wildman–Crippen MR) is 51.7 cm³/mol. The summed E-state index contributed by atoms with van der Waals surface area (Å²) in [4.78, 5) is 0. The minimum Gasteiger partial charge on any atom is -0.306 e. The number of nitrogens with two attached hydrogens (primary N) is 1. The first kappa shape index (κ1) is 16.1. The normalized spacial score (nSPS) is 13.1. The minimum absolute atomic E-state index is 0. The number of rotatable bonds is 1. The molecule has 0 unspecified atom stereocenters. The summed E-state index contributed by atoms with van der Waals surface area (Å²) in [6.07, 6.45) is -11.2. The Morgan fingerprint density at radius 3 is 1.41 bits per heavy atom. The minimum atomic E-state index is -5.60. The molecule has 0 atom stereocenters. The fourth-order valence-electron chi connectivity index (χ4n) is 1.19. The molecule has 0 amide bonds. The Hall–Kier alpha value is -0.950. The summed E-state index contributed by atoms with van der Waals surface area (Å²) in [5.41, 5.74) is -0.841. The van der Waals surface area contributed by atoms with Crippen LogP contribution in [0.25, 0.3) is 0 Å². The van der Waals surface area contributed by atoms with Gasteiger partial charge in [0.15, 0.2) is 0 Å². The van der Waals surface area contributed by atoms with Crippen molar-refractivity contribution in [3.05, 3.63) is 35.9 Å². The van der Waals surface area contributed by atoms with Crippen molar-refractivity contribution in [1.29, 1.82) is 0 Å². The van der Waals surface area contributed by atoms with Crippen molar-refractivity contribution in [1.82, 2.24) is 0 Å². The Morgan fingerprint density at radius 1 is 0.765 bits per heavy atom. The summed E-state index contributed by atoms with van der Waals surface area (Å²) in [6.45, 7) is 0. The summed E-state index contributed by atoms with van der Waals surface area (Å²) in [7, 11) is 0. The van der Waals surface area contributed by atoms with Crippen LogP contribution in [-0.2, 0) is 5.54 Å². The van der Waals surface area contributed by atoms with Crippen LogP contribution in [0.15, 0.2) is 30.3 Å². The molecule has 0 saturated carbocycles. The summed E-state index contributed by atoms with van der Waals surface area (Å²) in [6, 6.07) is 4.82. The molecule has 8 heteroatoms. The number of halogens is 7. The van der Waals surface area contributed by atoms with E-state index in [-0.39, 0.29) is 12.4 Å². The molecule has 0 aromatic heterocycles. The zero-order chi connectivity index (χ0) is 12.6. The summed E-state index contributed by atoms with van der Waals surface area (Å²) in [5.74, 6) is 0. The van der Waals surface area contributed by atoms with Gasteiger partial charge in [-0.2, -0.15) is 26.3 Å². The van der Waals surface area contributed by atoms with Gasteiger partial charge in [-0.3, -0.25) is 0 Å². The molecule has 0 radical (unpaired) electrons. The van der Waals surface area contributed by atoms with Crippen molar-refractivity contribution < 1.29 is 26.3 Å². The van der Waals surface area contributed by atoms with Crippen molar-refractivity contribution in [2.24, 2.45) is 5.73 Å². The zero-order valence-electron chi connectivity index (χ0n) is 8.14. The SMILES string of the molecule is Cl.NC(c1ccccc1)(C(F)(F)F)C(F)(F)F. The van der Waals surface area contributed by atoms with Crippen molar-refractivity contribution in [2.45, 2.75) is 17.9 Å². The van der Waals surface area contributed by atoms with Crippen molar-refractivity contribution in [3.8, 4) is 0 Å². The first-order valence-corrected chi connectivity index (χ1v) is 4.08. The van der Waals surface area contributed by atoms with Crippen LogP contribution in [0, 0.1) is 0 Å². The van der Waals surface area contributed by atoms with Gasteiger partial charge in [0.2, 0.25) is 5.54 Å². The molecule has 2 N–H and O–H groups in total. The molecule has 0 heterocycles. The molecule has 1 aromatic rings. The van der Waals surface area contributed by atoms with Crippen LogP contribution in [-0.4, -0.2) is 12.4 Å². The van der Waals surface area contributed by atoms with E-state index in [1.807, 2.05) is 0 Å². The molecule has 0 aliphatic heterocycles. The quantitative estimate of drug-likeness (QED) is 0.784. The van der Waals surface area contributed by atoms with E-state index in [1.165, 1.54) is 6.07 Å². The molecule has 0 spiro atoms. The average molecular weight is 280 g/mol. The third-order valence-electron chi connectivity index (χ3n) is 2.12. The molecule has 0 fully saturated rings. The first-order valence-electron chi connectivity index (χ1n) is 4.08. The molecular formula is C9H8ClF6N. The standard InChI is InChI=1S/C9H7F6N.ClH/c10-8(11,12)7(16,9(13,14)15)6-4-2-1-3-5-6;/h1-5H,16H2;1H. The highest BCUT2D eigenvalue weighted by atomic mass is 35.5. The van der Waals surface area contributed by atoms with Gasteiger partial charge in [-0.15, -0.1) is 12.4 Å². The van der Waals surface area contributed by atoms with Crippen molar-refractivity contribution in [2.75, 3.05) is 0 Å². The number of benzene rings is 1. The molecule has 0 bridgehead atoms. The van der Waals surface area contributed by atoms with Crippen LogP contribution in [0.3, 0.4) is 0 Å². The van der Waals surface area contributed by atoms with E-state index < -0.39 is 23.5 Å². The van der Waals surface area contributed by atoms with E-state index in [9.17, 15) is 26.3 Å². The molecule has 0 saturated heterocycles. The molecule has 0 aliphatic carbocycles. The van der Waals surface area contributed by atoms with E-state index in [0.717, 1.165) is 12.1 Å². The highest BCUT2D eigenvalue weighted by Crippen LogP contribution is 2.47. The molecule has 98 valence electrons. The lowest BCUT2D eigenvalue weighted by Crippen LogP contribution is -2.60. The van der Waals surface area contributed by atoms with Gasteiger partial charge in [-0.25, -0.2) is 0 Å². The maximum atomic E-state index is 12.4. The van der Waals surface area contributed by atoms with E-state index in [4.69, 9.17) is 0 Å². The Balaban J connectivity index is 0.00000256. The summed E-state index contributed by atoms with van der Waals surface area (Å²) in [5, 5.41) is 0. The number of hydrogen-bond donors (Lipinski definition) is 1. The van der Waals surface area contributed by atoms with Gasteiger partial charge in [-0.05, 0) is 5.56 Å². The Labute approximate surface area is 99.0 Å². The van der Waals surface area contributed by atoms with Crippen LogP contribution in [0.1, 0.15) is 5.56 Å². The third-order valence-corrected chi connectivity index (χ3v) is 2.12. The Bertz CT molecular complexity index is 344. The lowest BCUT2D eigenvalue weighted by atomic mass is 9.89. The highest BCUT2D eigenvalue weighted by molar-refractivity contribution is 5.85. The van der Waals surface area contributed by atoms with E-state index >= 15 is 0 Å². The molecule has 17 heavy (non-hydrogen) atoms. The topological polar surface area (TPSA) is 26.0 Å². The second kappa shape index (κ2) is 4.73. The maximum absolute atomic E-state index is 12.4. The van der Waals surface area contributed by atoms with Gasteiger partial charge in [-0.1, -0.05) is 30.3 Å². The van der Waals surface area contributed by atoms with Crippen LogP contribution in [0.5, 0.6) is 0 Å². The summed E-state index contributed by atoms with van der Waals surface area (Å²) < 4.78 is 74.6. The molecule has 0 aliphatic rings. The third kappa shape index (κ3) is 2.66. The van der Waals surface area contributed by atoms with Crippen LogP contribution >= 0.6 is 12.4 Å². The summed E-state index contributed by atoms with van der Waals surface area (Å²) >= 11 is 0. The van der Waals surface area contributed by atoms with E-state index in [1.54, 1.807) is 0 Å². The van der Waals surface area contributed by atoms with Gasteiger partial charge in [0.25, 0.3) is 0 Å². The molecule has 1 rings (SSSR count). The van der Waals surface area contributed by atoms with Crippen molar-refractivity contribution in [3.63, 3.8) is 0 Å². The van der Waals surface area contributed by atoms with Gasteiger partial charge in [0.05, 0.1) is 0 Å². The van der Waals surface area contributed by atoms with Gasteiger partial charge in [0, 0.05) is 0 Å². The van der Waals surface area contributed by atoms with Crippen LogP contribution < -0.4 is 5.73 Å². The largest absolute Gasteiger partial charge is 0.419 e. The lowest BCUT2D eigenvalue weighted by molar-refractivity contribution is -0.301. The maximum Gasteiger partial charge on any atom is 0.419 e. The number of hydrogen-bond acceptors (Lipinski definition) is 1. The first-order chi connectivity index (χ1) is 7.11. The van der Waals surface area contributed by atoms with E-state index in [0.29, 0.717) is 12.1 Å². The number of alkyl halides is 6. The zero-order valence-corrected chi connectivity index (χ0v) is 8.96. The van der Waals surface area contributed by atoms with Gasteiger partial charge >= 0.3 is 12.4 Å². The lowest BCUT2D eigenvalue weighted by Gasteiger charge is -2.33. The van der Waals surface area contributed by atoms with E-state index in [2.05, 4.69) is 5.73 Å². The smallest absolute Gasteiger partial charge is 0.306 e. The highest BCUT2D eigenvalue weighted by Gasteiger charge is 2.69. The molecule has 1 nitrogen and oxygen atoms in total. The monoisotopic (exact) mass is 279 g/mol. The fraction of sp³-hybridized carbons (Fsp3) is 0.333. The van der Waals surface area contributed by atoms with Gasteiger partial charge < -0.3 is 5.73 Å². The second-order valence-corrected chi connectivity index (χ2v) is 3.17. The molecule has 1 aromatic carbocycles. The second-order valence-electron chi connectivity index (χ2n) is 3.17. The fourth-order valence-corrected chi connectivity index (χ4v) is 1.19. The Kier molecular flexibility index (Phi) is 4.47.